The topological polar surface area (TPSA) is 39.6 Å². The zero-order valence-electron chi connectivity index (χ0n) is 27.6. The molecule has 0 amide bonds. The lowest BCUT2D eigenvalue weighted by Crippen LogP contribution is -2.35. The van der Waals surface area contributed by atoms with Crippen molar-refractivity contribution in [2.24, 2.45) is 0 Å². The number of benzene rings is 3. The number of anilines is 3. The molecule has 1 fully saturated rings. The van der Waals surface area contributed by atoms with Gasteiger partial charge in [-0.2, -0.15) is 26.3 Å². The standard InChI is InChI=1S/C38H38F6N6/c39-37(40,41)31-21-29(35-45-9-15-49(35)27-17-23-5-1-11-47-12-2-6-24(18-27)33(23)47)30(22-32(31)38(42,43)44)36-46-10-16-50(36)28-19-25-7-3-13-48-14-4-8-26(20-28)34(25)48/h9,15,17-22,36,46H,1-8,10-14,16H2. The van der Waals surface area contributed by atoms with E-state index in [-0.39, 0.29) is 17.0 Å². The number of imidazole rings is 1. The van der Waals surface area contributed by atoms with Crippen LogP contribution in [0.1, 0.15) is 70.8 Å². The number of hydrogen-bond acceptors (Lipinski definition) is 5. The molecular weight excluding hydrogens is 654 g/mol. The summed E-state index contributed by atoms with van der Waals surface area (Å²) in [5.41, 5.74) is 5.72. The Morgan fingerprint density at radius 3 is 1.64 bits per heavy atom. The highest BCUT2D eigenvalue weighted by molar-refractivity contribution is 5.73. The number of hydrogen-bond donors (Lipinski definition) is 1. The van der Waals surface area contributed by atoms with Crippen LogP contribution < -0.4 is 20.0 Å². The Morgan fingerprint density at radius 1 is 0.620 bits per heavy atom. The molecule has 50 heavy (non-hydrogen) atoms. The third-order valence-electron chi connectivity index (χ3n) is 11.2. The van der Waals surface area contributed by atoms with Crippen LogP contribution in [0.25, 0.3) is 17.1 Å². The molecule has 4 aromatic rings. The molecule has 6 heterocycles. The number of aryl methyl sites for hydroxylation is 4. The maximum Gasteiger partial charge on any atom is 0.417 e. The summed E-state index contributed by atoms with van der Waals surface area (Å²) in [6.45, 7) is 4.98. The van der Waals surface area contributed by atoms with E-state index < -0.39 is 29.6 Å². The fourth-order valence-corrected chi connectivity index (χ4v) is 9.21. The van der Waals surface area contributed by atoms with Crippen molar-refractivity contribution in [2.75, 3.05) is 54.0 Å². The number of rotatable bonds is 4. The second-order valence-electron chi connectivity index (χ2n) is 14.3. The lowest BCUT2D eigenvalue weighted by atomic mass is 9.90. The van der Waals surface area contributed by atoms with Crippen molar-refractivity contribution in [1.82, 2.24) is 14.9 Å². The van der Waals surface area contributed by atoms with Crippen molar-refractivity contribution in [3.63, 3.8) is 0 Å². The molecule has 3 aromatic carbocycles. The average Bonchev–Trinajstić information content (AvgIpc) is 3.78. The second-order valence-corrected chi connectivity index (χ2v) is 14.3. The van der Waals surface area contributed by atoms with Gasteiger partial charge in [-0.15, -0.1) is 0 Å². The predicted molar refractivity (Wildman–Crippen MR) is 181 cm³/mol. The molecule has 1 saturated heterocycles. The Kier molecular flexibility index (Phi) is 7.42. The average molecular weight is 693 g/mol. The Bertz CT molecular complexity index is 1920. The number of halogens is 6. The third-order valence-corrected chi connectivity index (χ3v) is 11.2. The zero-order valence-corrected chi connectivity index (χ0v) is 27.6. The van der Waals surface area contributed by atoms with Crippen molar-refractivity contribution >= 4 is 17.1 Å². The maximum absolute atomic E-state index is 14.5. The van der Waals surface area contributed by atoms with E-state index in [1.54, 1.807) is 10.8 Å². The van der Waals surface area contributed by atoms with Gasteiger partial charge in [-0.3, -0.25) is 9.88 Å². The van der Waals surface area contributed by atoms with E-state index in [0.29, 0.717) is 25.2 Å². The SMILES string of the molecule is FC(F)(F)c1cc(-c2nccn2-c2cc3c4c(c2)CCCN4CCC3)c(C2NCCN2c2cc3c4c(c2)CCCN4CCC3)cc1C(F)(F)F. The van der Waals surface area contributed by atoms with E-state index in [4.69, 9.17) is 0 Å². The number of aromatic nitrogens is 2. The summed E-state index contributed by atoms with van der Waals surface area (Å²) >= 11 is 0. The van der Waals surface area contributed by atoms with Crippen molar-refractivity contribution in [3.05, 3.63) is 87.7 Å². The fourth-order valence-electron chi connectivity index (χ4n) is 9.21. The van der Waals surface area contributed by atoms with Crippen LogP contribution in [0.5, 0.6) is 0 Å². The lowest BCUT2D eigenvalue weighted by Gasteiger charge is -2.38. The van der Waals surface area contributed by atoms with Crippen LogP contribution in [0.15, 0.2) is 48.8 Å². The summed E-state index contributed by atoms with van der Waals surface area (Å²) in [5, 5.41) is 3.36. The number of nitrogens with zero attached hydrogens (tertiary/aromatic N) is 5. The van der Waals surface area contributed by atoms with Crippen molar-refractivity contribution in [3.8, 4) is 17.1 Å². The maximum atomic E-state index is 14.5. The summed E-state index contributed by atoms with van der Waals surface area (Å²) in [4.78, 5) is 11.4. The molecule has 1 atom stereocenters. The molecule has 5 aliphatic heterocycles. The molecular formula is C38H38F6N6. The van der Waals surface area contributed by atoms with Crippen LogP contribution in [0.2, 0.25) is 0 Å². The van der Waals surface area contributed by atoms with Gasteiger partial charge in [0.15, 0.2) is 0 Å². The van der Waals surface area contributed by atoms with E-state index in [0.717, 1.165) is 88.9 Å². The first-order valence-electron chi connectivity index (χ1n) is 17.7. The highest BCUT2D eigenvalue weighted by Gasteiger charge is 2.45. The van der Waals surface area contributed by atoms with Gasteiger partial charge in [-0.25, -0.2) is 4.98 Å². The Hall–Kier alpha value is -4.19. The van der Waals surface area contributed by atoms with E-state index in [9.17, 15) is 26.3 Å². The first-order chi connectivity index (χ1) is 24.0. The summed E-state index contributed by atoms with van der Waals surface area (Å²) in [6, 6.07) is 9.79. The van der Waals surface area contributed by atoms with E-state index >= 15 is 0 Å². The molecule has 0 aliphatic carbocycles. The van der Waals surface area contributed by atoms with Crippen LogP contribution in [-0.2, 0) is 38.0 Å². The van der Waals surface area contributed by atoms with Gasteiger partial charge in [0.1, 0.15) is 12.0 Å². The predicted octanol–water partition coefficient (Wildman–Crippen LogP) is 8.08. The number of nitrogens with one attached hydrogen (secondary N) is 1. The molecule has 6 nitrogen and oxygen atoms in total. The van der Waals surface area contributed by atoms with Gasteiger partial charge < -0.3 is 14.7 Å². The third kappa shape index (κ3) is 5.24. The highest BCUT2D eigenvalue weighted by Crippen LogP contribution is 2.47. The van der Waals surface area contributed by atoms with Crippen LogP contribution in [0.4, 0.5) is 43.4 Å². The zero-order chi connectivity index (χ0) is 34.4. The van der Waals surface area contributed by atoms with E-state index in [1.807, 2.05) is 4.90 Å². The Balaban J connectivity index is 1.21. The van der Waals surface area contributed by atoms with E-state index in [1.165, 1.54) is 39.8 Å². The molecule has 1 N–H and O–H groups in total. The molecule has 1 aromatic heterocycles. The van der Waals surface area contributed by atoms with Gasteiger partial charge >= 0.3 is 12.4 Å². The monoisotopic (exact) mass is 692 g/mol. The summed E-state index contributed by atoms with van der Waals surface area (Å²) in [5.74, 6) is 0.180. The lowest BCUT2D eigenvalue weighted by molar-refractivity contribution is -0.162. The van der Waals surface area contributed by atoms with Crippen molar-refractivity contribution < 1.29 is 26.3 Å². The van der Waals surface area contributed by atoms with Gasteiger partial charge in [0, 0.05) is 85.5 Å². The molecule has 12 heteroatoms. The minimum atomic E-state index is -5.23. The van der Waals surface area contributed by atoms with Crippen LogP contribution >= 0.6 is 0 Å². The quantitative estimate of drug-likeness (QED) is 0.219. The molecule has 1 unspecified atom stereocenters. The second kappa shape index (κ2) is 11.7. The normalized spacial score (nSPS) is 20.3. The Morgan fingerprint density at radius 2 is 1.12 bits per heavy atom. The molecule has 9 rings (SSSR count). The summed E-state index contributed by atoms with van der Waals surface area (Å²) in [7, 11) is 0. The summed E-state index contributed by atoms with van der Waals surface area (Å²) < 4.78 is 88.9. The van der Waals surface area contributed by atoms with Gasteiger partial charge in [0.2, 0.25) is 0 Å². The molecule has 0 bridgehead atoms. The first kappa shape index (κ1) is 31.8. The molecule has 262 valence electrons. The van der Waals surface area contributed by atoms with Crippen molar-refractivity contribution in [1.29, 1.82) is 0 Å². The van der Waals surface area contributed by atoms with Gasteiger partial charge in [0.05, 0.1) is 11.1 Å². The van der Waals surface area contributed by atoms with Gasteiger partial charge in [-0.1, -0.05) is 0 Å². The highest BCUT2D eigenvalue weighted by atomic mass is 19.4. The molecule has 0 saturated carbocycles. The van der Waals surface area contributed by atoms with Crippen LogP contribution in [0.3, 0.4) is 0 Å². The van der Waals surface area contributed by atoms with E-state index in [2.05, 4.69) is 44.4 Å². The first-order valence-corrected chi connectivity index (χ1v) is 17.7. The largest absolute Gasteiger partial charge is 0.417 e. The Labute approximate surface area is 286 Å². The number of alkyl halides is 6. The molecule has 5 aliphatic rings. The van der Waals surface area contributed by atoms with Crippen LogP contribution in [-0.4, -0.2) is 48.8 Å². The van der Waals surface area contributed by atoms with Gasteiger partial charge in [0.25, 0.3) is 0 Å². The van der Waals surface area contributed by atoms with Crippen molar-refractivity contribution in [2.45, 2.75) is 69.9 Å². The minimum absolute atomic E-state index is 0.0261. The summed E-state index contributed by atoms with van der Waals surface area (Å²) in [6.07, 6.45) is -0.347. The van der Waals surface area contributed by atoms with Crippen LogP contribution in [0, 0.1) is 0 Å². The molecule has 0 radical (unpaired) electrons. The van der Waals surface area contributed by atoms with Gasteiger partial charge in [-0.05, 0) is 110 Å². The molecule has 0 spiro atoms. The minimum Gasteiger partial charge on any atom is -0.371 e. The smallest absolute Gasteiger partial charge is 0.371 e. The fraction of sp³-hybridized carbons (Fsp3) is 0.447.